The van der Waals surface area contributed by atoms with E-state index in [1.807, 2.05) is 0 Å². The molecule has 0 aliphatic carbocycles. The minimum atomic E-state index is 0. The molecule has 2 aromatic carbocycles. The van der Waals surface area contributed by atoms with Gasteiger partial charge in [-0.05, 0) is 36.6 Å². The quantitative estimate of drug-likeness (QED) is 0.752. The molecular formula is C18H23Br2N3. The zero-order valence-corrected chi connectivity index (χ0v) is 16.7. The fourth-order valence-electron chi connectivity index (χ4n) is 3.83. The zero-order valence-electron chi connectivity index (χ0n) is 13.2. The molecule has 2 aliphatic rings. The number of anilines is 3. The Balaban J connectivity index is 0.000000960. The first-order valence-corrected chi connectivity index (χ1v) is 7.76. The van der Waals surface area contributed by atoms with Crippen LogP contribution in [0.3, 0.4) is 0 Å². The summed E-state index contributed by atoms with van der Waals surface area (Å²) in [5.41, 5.74) is 12.8. The average molecular weight is 441 g/mol. The van der Waals surface area contributed by atoms with Gasteiger partial charge >= 0.3 is 0 Å². The molecular weight excluding hydrogens is 418 g/mol. The molecule has 0 spiro atoms. The van der Waals surface area contributed by atoms with Gasteiger partial charge in [-0.15, -0.1) is 34.0 Å². The lowest BCUT2D eigenvalue weighted by molar-refractivity contribution is 0.677. The van der Waals surface area contributed by atoms with E-state index in [0.717, 1.165) is 19.5 Å². The van der Waals surface area contributed by atoms with Crippen molar-refractivity contribution in [2.75, 3.05) is 29.4 Å². The highest BCUT2D eigenvalue weighted by atomic mass is 79.9. The third-order valence-electron chi connectivity index (χ3n) is 4.80. The van der Waals surface area contributed by atoms with E-state index >= 15 is 0 Å². The standard InChI is InChI=1S/C18H21N3.2BrH/c1-13-15-6-4-5-14-9-11-21(18(14)15)17-8-3-2-7-16(17)20(13)12-10-19;;/h2-8,13H,9-12,19H2,1H3;2*1H. The van der Waals surface area contributed by atoms with Crippen LogP contribution >= 0.6 is 34.0 Å². The number of benzene rings is 2. The maximum Gasteiger partial charge on any atom is 0.0649 e. The molecule has 0 bridgehead atoms. The van der Waals surface area contributed by atoms with E-state index in [1.54, 1.807) is 0 Å². The molecule has 0 saturated heterocycles. The van der Waals surface area contributed by atoms with Crippen molar-refractivity contribution in [3.05, 3.63) is 53.6 Å². The predicted octanol–water partition coefficient (Wildman–Crippen LogP) is 4.38. The lowest BCUT2D eigenvalue weighted by atomic mass is 10.0. The van der Waals surface area contributed by atoms with Crippen LogP contribution in [-0.4, -0.2) is 19.6 Å². The van der Waals surface area contributed by atoms with Crippen LogP contribution in [0.1, 0.15) is 24.1 Å². The molecule has 2 N–H and O–H groups in total. The van der Waals surface area contributed by atoms with Crippen LogP contribution in [0.5, 0.6) is 0 Å². The third kappa shape index (κ3) is 2.79. The Labute approximate surface area is 159 Å². The summed E-state index contributed by atoms with van der Waals surface area (Å²) in [6.45, 7) is 4.93. The van der Waals surface area contributed by atoms with Crippen molar-refractivity contribution in [2.24, 2.45) is 5.73 Å². The fraction of sp³-hybridized carbons (Fsp3) is 0.333. The highest BCUT2D eigenvalue weighted by Gasteiger charge is 2.33. The maximum atomic E-state index is 5.87. The molecule has 0 amide bonds. The number of fused-ring (bicyclic) bond motifs is 2. The van der Waals surface area contributed by atoms with Gasteiger partial charge in [0.25, 0.3) is 0 Å². The van der Waals surface area contributed by atoms with Gasteiger partial charge in [0.2, 0.25) is 0 Å². The number of nitrogens with two attached hydrogens (primary N) is 1. The van der Waals surface area contributed by atoms with Crippen molar-refractivity contribution in [3.63, 3.8) is 0 Å². The molecule has 124 valence electrons. The second-order valence-electron chi connectivity index (χ2n) is 5.90. The van der Waals surface area contributed by atoms with Gasteiger partial charge in [0.15, 0.2) is 0 Å². The minimum Gasteiger partial charge on any atom is -0.362 e. The summed E-state index contributed by atoms with van der Waals surface area (Å²) in [5, 5.41) is 0. The lowest BCUT2D eigenvalue weighted by Crippen LogP contribution is -2.31. The molecule has 2 aliphatic heterocycles. The number of nitrogens with zero attached hydrogens (tertiary/aromatic N) is 2. The SMILES string of the molecule is Br.Br.CC1c2cccc3c2N(CC3)c2ccccc2N1CCN. The Kier molecular flexibility index (Phi) is 5.76. The van der Waals surface area contributed by atoms with E-state index in [0.29, 0.717) is 12.6 Å². The Morgan fingerprint density at radius 3 is 2.52 bits per heavy atom. The molecule has 2 aromatic rings. The van der Waals surface area contributed by atoms with Crippen molar-refractivity contribution >= 4 is 51.0 Å². The Bertz CT molecular complexity index is 690. The number of hydrogen-bond acceptors (Lipinski definition) is 3. The van der Waals surface area contributed by atoms with Gasteiger partial charge in [0, 0.05) is 25.3 Å². The molecule has 23 heavy (non-hydrogen) atoms. The highest BCUT2D eigenvalue weighted by Crippen LogP contribution is 2.48. The summed E-state index contributed by atoms with van der Waals surface area (Å²) in [6.07, 6.45) is 1.14. The number of hydrogen-bond donors (Lipinski definition) is 1. The average Bonchev–Trinajstić information content (AvgIpc) is 2.92. The molecule has 3 nitrogen and oxygen atoms in total. The van der Waals surface area contributed by atoms with Crippen LogP contribution in [0, 0.1) is 0 Å². The number of para-hydroxylation sites is 3. The van der Waals surface area contributed by atoms with E-state index in [-0.39, 0.29) is 34.0 Å². The van der Waals surface area contributed by atoms with E-state index in [9.17, 15) is 0 Å². The largest absolute Gasteiger partial charge is 0.362 e. The maximum absolute atomic E-state index is 5.87. The first-order chi connectivity index (χ1) is 10.3. The summed E-state index contributed by atoms with van der Waals surface area (Å²) < 4.78 is 0. The van der Waals surface area contributed by atoms with Gasteiger partial charge in [0.1, 0.15) is 0 Å². The van der Waals surface area contributed by atoms with Crippen molar-refractivity contribution in [1.82, 2.24) is 0 Å². The van der Waals surface area contributed by atoms with E-state index in [2.05, 4.69) is 59.2 Å². The summed E-state index contributed by atoms with van der Waals surface area (Å²) in [5.74, 6) is 0. The third-order valence-corrected chi connectivity index (χ3v) is 4.80. The van der Waals surface area contributed by atoms with E-state index in [1.165, 1.54) is 28.2 Å². The Hall–Kier alpha value is -1.04. The summed E-state index contributed by atoms with van der Waals surface area (Å²) in [6, 6.07) is 15.8. The molecule has 2 heterocycles. The normalized spacial score (nSPS) is 17.6. The van der Waals surface area contributed by atoms with Crippen LogP contribution in [0.2, 0.25) is 0 Å². The van der Waals surface area contributed by atoms with Gasteiger partial charge < -0.3 is 15.5 Å². The van der Waals surface area contributed by atoms with Gasteiger partial charge in [-0.3, -0.25) is 0 Å². The first-order valence-electron chi connectivity index (χ1n) is 7.76. The minimum absolute atomic E-state index is 0. The topological polar surface area (TPSA) is 32.5 Å². The van der Waals surface area contributed by atoms with Crippen molar-refractivity contribution < 1.29 is 0 Å². The number of rotatable bonds is 2. The number of halogens is 2. The van der Waals surface area contributed by atoms with Gasteiger partial charge in [-0.25, -0.2) is 0 Å². The van der Waals surface area contributed by atoms with Crippen molar-refractivity contribution in [2.45, 2.75) is 19.4 Å². The lowest BCUT2D eigenvalue weighted by Gasteiger charge is -2.31. The molecule has 1 atom stereocenters. The van der Waals surface area contributed by atoms with E-state index < -0.39 is 0 Å². The smallest absolute Gasteiger partial charge is 0.0649 e. The molecule has 0 radical (unpaired) electrons. The zero-order chi connectivity index (χ0) is 14.4. The molecule has 0 fully saturated rings. The van der Waals surface area contributed by atoms with Gasteiger partial charge in [-0.1, -0.05) is 30.3 Å². The Morgan fingerprint density at radius 1 is 1.04 bits per heavy atom. The second-order valence-corrected chi connectivity index (χ2v) is 5.90. The molecule has 0 aromatic heterocycles. The molecule has 4 rings (SSSR count). The van der Waals surface area contributed by atoms with Crippen molar-refractivity contribution in [3.8, 4) is 0 Å². The van der Waals surface area contributed by atoms with Crippen LogP contribution in [0.25, 0.3) is 0 Å². The molecule has 5 heteroatoms. The van der Waals surface area contributed by atoms with Crippen LogP contribution in [0.4, 0.5) is 17.1 Å². The molecule has 0 saturated carbocycles. The monoisotopic (exact) mass is 439 g/mol. The van der Waals surface area contributed by atoms with Crippen LogP contribution < -0.4 is 15.5 Å². The molecule has 1 unspecified atom stereocenters. The summed E-state index contributed by atoms with van der Waals surface area (Å²) >= 11 is 0. The Morgan fingerprint density at radius 2 is 1.78 bits per heavy atom. The fourth-order valence-corrected chi connectivity index (χ4v) is 3.83. The summed E-state index contributed by atoms with van der Waals surface area (Å²) in [4.78, 5) is 4.94. The predicted molar refractivity (Wildman–Crippen MR) is 109 cm³/mol. The summed E-state index contributed by atoms with van der Waals surface area (Å²) in [7, 11) is 0. The van der Waals surface area contributed by atoms with Crippen LogP contribution in [-0.2, 0) is 6.42 Å². The first kappa shape index (κ1) is 18.3. The second kappa shape index (κ2) is 7.24. The van der Waals surface area contributed by atoms with Gasteiger partial charge in [0.05, 0.1) is 17.4 Å². The van der Waals surface area contributed by atoms with Crippen molar-refractivity contribution in [1.29, 1.82) is 0 Å². The highest BCUT2D eigenvalue weighted by molar-refractivity contribution is 8.93. The van der Waals surface area contributed by atoms with Gasteiger partial charge in [-0.2, -0.15) is 0 Å². The van der Waals surface area contributed by atoms with E-state index in [4.69, 9.17) is 5.73 Å². The van der Waals surface area contributed by atoms with Crippen LogP contribution in [0.15, 0.2) is 42.5 Å².